The Labute approximate surface area is 164 Å². The maximum Gasteiger partial charge on any atom is 0.261 e. The number of sulfonamides is 1. The van der Waals surface area contributed by atoms with Gasteiger partial charge < -0.3 is 14.8 Å². The molecule has 144 valence electrons. The van der Waals surface area contributed by atoms with Crippen molar-refractivity contribution in [2.45, 2.75) is 18.4 Å². The Hall–Kier alpha value is -3.19. The number of ether oxygens (including phenoxy) is 2. The molecule has 0 aliphatic carbocycles. The largest absolute Gasteiger partial charge is 0.454 e. The highest BCUT2D eigenvalue weighted by atomic mass is 32.2. The SMILES string of the molecule is Cc1cccc(S(=O)(=O)Nc2ccc(NCc3ccc4c(c3)OCO4)cc2)c1. The van der Waals surface area contributed by atoms with Crippen molar-refractivity contribution in [2.24, 2.45) is 0 Å². The quantitative estimate of drug-likeness (QED) is 0.655. The van der Waals surface area contributed by atoms with Gasteiger partial charge in [-0.1, -0.05) is 18.2 Å². The van der Waals surface area contributed by atoms with E-state index in [0.29, 0.717) is 12.2 Å². The molecule has 1 heterocycles. The molecule has 0 amide bonds. The lowest BCUT2D eigenvalue weighted by Crippen LogP contribution is -2.13. The van der Waals surface area contributed by atoms with Crippen molar-refractivity contribution < 1.29 is 17.9 Å². The zero-order valence-corrected chi connectivity index (χ0v) is 16.1. The van der Waals surface area contributed by atoms with E-state index in [9.17, 15) is 8.42 Å². The number of hydrogen-bond donors (Lipinski definition) is 2. The molecule has 0 radical (unpaired) electrons. The second-order valence-electron chi connectivity index (χ2n) is 6.54. The highest BCUT2D eigenvalue weighted by molar-refractivity contribution is 7.92. The van der Waals surface area contributed by atoms with Crippen LogP contribution in [0.3, 0.4) is 0 Å². The van der Waals surface area contributed by atoms with E-state index >= 15 is 0 Å². The Morgan fingerprint density at radius 3 is 2.43 bits per heavy atom. The molecule has 4 rings (SSSR count). The minimum Gasteiger partial charge on any atom is -0.454 e. The van der Waals surface area contributed by atoms with Crippen molar-refractivity contribution in [2.75, 3.05) is 16.8 Å². The number of benzene rings is 3. The predicted octanol–water partition coefficient (Wildman–Crippen LogP) is 4.14. The van der Waals surface area contributed by atoms with Gasteiger partial charge in [-0.05, 0) is 66.6 Å². The lowest BCUT2D eigenvalue weighted by molar-refractivity contribution is 0.174. The van der Waals surface area contributed by atoms with E-state index in [0.717, 1.165) is 28.3 Å². The summed E-state index contributed by atoms with van der Waals surface area (Å²) in [5.41, 5.74) is 3.35. The van der Waals surface area contributed by atoms with E-state index < -0.39 is 10.0 Å². The molecular formula is C21H20N2O4S. The van der Waals surface area contributed by atoms with E-state index in [1.807, 2.05) is 43.3 Å². The van der Waals surface area contributed by atoms with Crippen LogP contribution in [0.15, 0.2) is 71.6 Å². The molecule has 0 spiro atoms. The molecule has 0 saturated carbocycles. The first-order valence-corrected chi connectivity index (χ1v) is 10.3. The van der Waals surface area contributed by atoms with E-state index in [-0.39, 0.29) is 11.7 Å². The highest BCUT2D eigenvalue weighted by Crippen LogP contribution is 2.32. The minimum absolute atomic E-state index is 0.248. The number of aryl methyl sites for hydroxylation is 1. The zero-order valence-electron chi connectivity index (χ0n) is 15.3. The summed E-state index contributed by atoms with van der Waals surface area (Å²) in [4.78, 5) is 0.248. The fourth-order valence-electron chi connectivity index (χ4n) is 2.91. The molecule has 1 aliphatic rings. The molecule has 0 aromatic heterocycles. The summed E-state index contributed by atoms with van der Waals surface area (Å²) in [7, 11) is -3.61. The highest BCUT2D eigenvalue weighted by Gasteiger charge is 2.14. The first-order chi connectivity index (χ1) is 13.5. The summed E-state index contributed by atoms with van der Waals surface area (Å²) in [6.45, 7) is 2.73. The van der Waals surface area contributed by atoms with Crippen molar-refractivity contribution in [3.8, 4) is 11.5 Å². The van der Waals surface area contributed by atoms with Crippen LogP contribution in [0.4, 0.5) is 11.4 Å². The predicted molar refractivity (Wildman–Crippen MR) is 108 cm³/mol. The van der Waals surface area contributed by atoms with E-state index in [1.54, 1.807) is 30.3 Å². The van der Waals surface area contributed by atoms with Crippen LogP contribution in [0.1, 0.15) is 11.1 Å². The van der Waals surface area contributed by atoms with Gasteiger partial charge in [-0.15, -0.1) is 0 Å². The van der Waals surface area contributed by atoms with Crippen LogP contribution in [-0.2, 0) is 16.6 Å². The molecule has 1 aliphatic heterocycles. The fraction of sp³-hybridized carbons (Fsp3) is 0.143. The Bertz CT molecular complexity index is 1100. The molecule has 0 unspecified atom stereocenters. The van der Waals surface area contributed by atoms with Gasteiger partial charge in [0.15, 0.2) is 11.5 Å². The lowest BCUT2D eigenvalue weighted by atomic mass is 10.2. The van der Waals surface area contributed by atoms with Gasteiger partial charge in [0.2, 0.25) is 6.79 Å². The molecule has 3 aromatic rings. The minimum atomic E-state index is -3.61. The maximum atomic E-state index is 12.5. The summed E-state index contributed by atoms with van der Waals surface area (Å²) in [5, 5.41) is 3.31. The third-order valence-corrected chi connectivity index (χ3v) is 5.75. The summed E-state index contributed by atoms with van der Waals surface area (Å²) in [6, 6.07) is 19.8. The standard InChI is InChI=1S/C21H20N2O4S/c1-15-3-2-4-19(11-15)28(24,25)23-18-8-6-17(7-9-18)22-13-16-5-10-20-21(12-16)27-14-26-20/h2-12,22-23H,13-14H2,1H3. The molecule has 3 aromatic carbocycles. The molecule has 0 fully saturated rings. The maximum absolute atomic E-state index is 12.5. The monoisotopic (exact) mass is 396 g/mol. The first-order valence-electron chi connectivity index (χ1n) is 8.82. The van der Waals surface area contributed by atoms with Gasteiger partial charge in [0.1, 0.15) is 0 Å². The average molecular weight is 396 g/mol. The second kappa shape index (κ2) is 7.44. The molecule has 0 saturated heterocycles. The lowest BCUT2D eigenvalue weighted by Gasteiger charge is -2.11. The molecule has 0 atom stereocenters. The van der Waals surface area contributed by atoms with Gasteiger partial charge in [-0.2, -0.15) is 0 Å². The molecule has 7 heteroatoms. The molecule has 6 nitrogen and oxygen atoms in total. The average Bonchev–Trinajstić information content (AvgIpc) is 3.15. The number of fused-ring (bicyclic) bond motifs is 1. The van der Waals surface area contributed by atoms with Gasteiger partial charge >= 0.3 is 0 Å². The van der Waals surface area contributed by atoms with Crippen molar-refractivity contribution in [3.05, 3.63) is 77.9 Å². The summed E-state index contributed by atoms with van der Waals surface area (Å²) >= 11 is 0. The van der Waals surface area contributed by atoms with Crippen LogP contribution in [0.5, 0.6) is 11.5 Å². The Balaban J connectivity index is 1.40. The van der Waals surface area contributed by atoms with Crippen LogP contribution in [0.2, 0.25) is 0 Å². The molecular weight excluding hydrogens is 376 g/mol. The van der Waals surface area contributed by atoms with Gasteiger partial charge in [-0.3, -0.25) is 4.72 Å². The topological polar surface area (TPSA) is 76.7 Å². The van der Waals surface area contributed by atoms with Crippen LogP contribution < -0.4 is 19.5 Å². The van der Waals surface area contributed by atoms with Crippen molar-refractivity contribution >= 4 is 21.4 Å². The van der Waals surface area contributed by atoms with E-state index in [2.05, 4.69) is 10.0 Å². The van der Waals surface area contributed by atoms with Crippen LogP contribution in [0, 0.1) is 6.92 Å². The zero-order chi connectivity index (χ0) is 19.6. The Morgan fingerprint density at radius 1 is 0.893 bits per heavy atom. The number of anilines is 2. The fourth-order valence-corrected chi connectivity index (χ4v) is 4.07. The smallest absolute Gasteiger partial charge is 0.261 e. The van der Waals surface area contributed by atoms with E-state index in [4.69, 9.17) is 9.47 Å². The normalized spacial score (nSPS) is 12.6. The molecule has 2 N–H and O–H groups in total. The van der Waals surface area contributed by atoms with Crippen molar-refractivity contribution in [1.29, 1.82) is 0 Å². The summed E-state index contributed by atoms with van der Waals surface area (Å²) < 4.78 is 38.3. The second-order valence-corrected chi connectivity index (χ2v) is 8.22. The summed E-state index contributed by atoms with van der Waals surface area (Å²) in [6.07, 6.45) is 0. The van der Waals surface area contributed by atoms with Gasteiger partial charge in [-0.25, -0.2) is 8.42 Å². The number of rotatable bonds is 6. The van der Waals surface area contributed by atoms with E-state index in [1.165, 1.54) is 0 Å². The van der Waals surface area contributed by atoms with Crippen LogP contribution in [0.25, 0.3) is 0 Å². The Morgan fingerprint density at radius 2 is 1.64 bits per heavy atom. The van der Waals surface area contributed by atoms with Crippen LogP contribution in [-0.4, -0.2) is 15.2 Å². The van der Waals surface area contributed by atoms with Crippen LogP contribution >= 0.6 is 0 Å². The number of hydrogen-bond acceptors (Lipinski definition) is 5. The third-order valence-electron chi connectivity index (χ3n) is 4.37. The first kappa shape index (κ1) is 18.2. The van der Waals surface area contributed by atoms with Crippen molar-refractivity contribution in [1.82, 2.24) is 0 Å². The van der Waals surface area contributed by atoms with Gasteiger partial charge in [0, 0.05) is 17.9 Å². The van der Waals surface area contributed by atoms with Crippen molar-refractivity contribution in [3.63, 3.8) is 0 Å². The van der Waals surface area contributed by atoms with Gasteiger partial charge in [0.05, 0.1) is 4.90 Å². The number of nitrogens with one attached hydrogen (secondary N) is 2. The Kier molecular flexibility index (Phi) is 4.83. The third kappa shape index (κ3) is 4.04. The molecule has 0 bridgehead atoms. The summed E-state index contributed by atoms with van der Waals surface area (Å²) in [5.74, 6) is 1.51. The van der Waals surface area contributed by atoms with Gasteiger partial charge in [0.25, 0.3) is 10.0 Å². The molecule has 28 heavy (non-hydrogen) atoms.